The van der Waals surface area contributed by atoms with Gasteiger partial charge in [0.25, 0.3) is 0 Å². The lowest BCUT2D eigenvalue weighted by molar-refractivity contribution is -0.138. The molecule has 1 amide bonds. The van der Waals surface area contributed by atoms with Gasteiger partial charge in [-0.2, -0.15) is 22.4 Å². The minimum atomic E-state index is -1.12. The lowest BCUT2D eigenvalue weighted by Crippen LogP contribution is -2.44. The van der Waals surface area contributed by atoms with E-state index in [2.05, 4.69) is 23.0 Å². The summed E-state index contributed by atoms with van der Waals surface area (Å²) in [5.41, 5.74) is 1.35. The fraction of sp³-hybridized carbons (Fsp3) is 0.444. The fourth-order valence-electron chi connectivity index (χ4n) is 1.23. The third-order valence-corrected chi connectivity index (χ3v) is 2.35. The normalized spacial score (nSPS) is 12.2. The number of rotatable bonds is 3. The Hall–Kier alpha value is -1.50. The monoisotopic (exact) mass is 243 g/mol. The third-order valence-electron chi connectivity index (χ3n) is 1.98. The van der Waals surface area contributed by atoms with Crippen molar-refractivity contribution in [3.8, 4) is 0 Å². The number of carboxylic acids is 1. The first-order valence-corrected chi connectivity index (χ1v) is 5.26. The molecule has 1 rings (SSSR count). The number of carbonyl (C=O) groups excluding carboxylic acids is 1. The van der Waals surface area contributed by atoms with Crippen molar-refractivity contribution in [1.29, 1.82) is 0 Å². The van der Waals surface area contributed by atoms with Crippen LogP contribution < -0.4 is 5.32 Å². The Bertz CT molecular complexity index is 416. The van der Waals surface area contributed by atoms with Gasteiger partial charge in [0.15, 0.2) is 0 Å². The molecule has 1 heterocycles. The predicted molar refractivity (Wildman–Crippen MR) is 60.9 cm³/mol. The van der Waals surface area contributed by atoms with Gasteiger partial charge in [0.1, 0.15) is 6.04 Å². The average molecular weight is 243 g/mol. The van der Waals surface area contributed by atoms with E-state index in [1.54, 1.807) is 19.9 Å². The van der Waals surface area contributed by atoms with Crippen molar-refractivity contribution in [2.45, 2.75) is 19.9 Å². The molecule has 0 aromatic carbocycles. The van der Waals surface area contributed by atoms with Crippen LogP contribution in [0.2, 0.25) is 0 Å². The fourth-order valence-corrected chi connectivity index (χ4v) is 1.48. The maximum Gasteiger partial charge on any atom is 0.343 e. The topological polar surface area (TPSA) is 84.2 Å². The van der Waals surface area contributed by atoms with E-state index in [0.29, 0.717) is 11.4 Å². The van der Waals surface area contributed by atoms with Crippen molar-refractivity contribution in [2.24, 2.45) is 0 Å². The molecule has 6 nitrogen and oxygen atoms in total. The van der Waals surface area contributed by atoms with Crippen LogP contribution in [0.15, 0.2) is 6.07 Å². The molecule has 0 spiro atoms. The summed E-state index contributed by atoms with van der Waals surface area (Å²) >= 11 is 3.85. The van der Waals surface area contributed by atoms with Gasteiger partial charge in [0.2, 0.25) is 0 Å². The quantitative estimate of drug-likeness (QED) is 0.673. The highest BCUT2D eigenvalue weighted by molar-refractivity contribution is 7.80. The van der Waals surface area contributed by atoms with E-state index in [1.165, 1.54) is 0 Å². The summed E-state index contributed by atoms with van der Waals surface area (Å²) in [5.74, 6) is -1.09. The second-order valence-corrected chi connectivity index (χ2v) is 3.73. The SMILES string of the molecule is Cc1cc(C)n(C(=O)N[C@@H](CS)C(=O)O)n1. The average Bonchev–Trinajstić information content (AvgIpc) is 2.53. The lowest BCUT2D eigenvalue weighted by atomic mass is 10.3. The van der Waals surface area contributed by atoms with Crippen molar-refractivity contribution in [3.05, 3.63) is 17.5 Å². The number of carboxylic acid groups (broad SMARTS) is 1. The van der Waals surface area contributed by atoms with Crippen LogP contribution in [-0.4, -0.2) is 38.7 Å². The number of amides is 1. The molecule has 0 saturated heterocycles. The van der Waals surface area contributed by atoms with Crippen molar-refractivity contribution in [2.75, 3.05) is 5.75 Å². The molecule has 1 aromatic heterocycles. The summed E-state index contributed by atoms with van der Waals surface area (Å²) in [7, 11) is 0. The highest BCUT2D eigenvalue weighted by atomic mass is 32.1. The summed E-state index contributed by atoms with van der Waals surface area (Å²) in [4.78, 5) is 22.3. The van der Waals surface area contributed by atoms with Gasteiger partial charge in [-0.05, 0) is 19.9 Å². The Kier molecular flexibility index (Phi) is 3.94. The van der Waals surface area contributed by atoms with Gasteiger partial charge in [-0.15, -0.1) is 0 Å². The van der Waals surface area contributed by atoms with Crippen molar-refractivity contribution in [1.82, 2.24) is 15.1 Å². The van der Waals surface area contributed by atoms with Crippen LogP contribution >= 0.6 is 12.6 Å². The summed E-state index contributed by atoms with van der Waals surface area (Å²) in [5, 5.41) is 15.0. The highest BCUT2D eigenvalue weighted by Gasteiger charge is 2.20. The second-order valence-electron chi connectivity index (χ2n) is 3.36. The molecule has 0 aliphatic rings. The van der Waals surface area contributed by atoms with Crippen LogP contribution in [0.5, 0.6) is 0 Å². The molecule has 16 heavy (non-hydrogen) atoms. The summed E-state index contributed by atoms with van der Waals surface area (Å²) in [6.45, 7) is 3.47. The van der Waals surface area contributed by atoms with Gasteiger partial charge >= 0.3 is 12.0 Å². The number of nitrogens with one attached hydrogen (secondary N) is 1. The first-order valence-electron chi connectivity index (χ1n) is 4.63. The van der Waals surface area contributed by atoms with E-state index < -0.39 is 18.0 Å². The highest BCUT2D eigenvalue weighted by Crippen LogP contribution is 2.01. The van der Waals surface area contributed by atoms with Crippen LogP contribution in [0, 0.1) is 13.8 Å². The lowest BCUT2D eigenvalue weighted by Gasteiger charge is -2.12. The Morgan fingerprint density at radius 2 is 2.25 bits per heavy atom. The summed E-state index contributed by atoms with van der Waals surface area (Å²) in [6.07, 6.45) is 0. The van der Waals surface area contributed by atoms with Gasteiger partial charge in [0.05, 0.1) is 5.69 Å². The predicted octanol–water partition coefficient (Wildman–Crippen LogP) is 0.441. The molecule has 0 unspecified atom stereocenters. The standard InChI is InChI=1S/C9H13N3O3S/c1-5-3-6(2)12(11-5)9(15)10-7(4-16)8(13)14/h3,7,16H,4H2,1-2H3,(H,10,15)(H,13,14)/t7-/m0/s1. The second kappa shape index (κ2) is 5.02. The van der Waals surface area contributed by atoms with Crippen molar-refractivity contribution in [3.63, 3.8) is 0 Å². The Balaban J connectivity index is 2.79. The third kappa shape index (κ3) is 2.75. The maximum atomic E-state index is 11.6. The Labute approximate surface area is 98.1 Å². The van der Waals surface area contributed by atoms with Crippen LogP contribution in [0.4, 0.5) is 4.79 Å². The van der Waals surface area contributed by atoms with Crippen LogP contribution in [0.25, 0.3) is 0 Å². The molecule has 0 fully saturated rings. The van der Waals surface area contributed by atoms with Gasteiger partial charge in [-0.1, -0.05) is 0 Å². The van der Waals surface area contributed by atoms with E-state index >= 15 is 0 Å². The summed E-state index contributed by atoms with van der Waals surface area (Å²) < 4.78 is 1.13. The van der Waals surface area contributed by atoms with Gasteiger partial charge in [-0.25, -0.2) is 9.59 Å². The molecule has 1 atom stereocenters. The van der Waals surface area contributed by atoms with E-state index in [1.807, 2.05) is 0 Å². The Morgan fingerprint density at radius 3 is 2.62 bits per heavy atom. The molecule has 0 radical (unpaired) electrons. The zero-order valence-electron chi connectivity index (χ0n) is 8.97. The van der Waals surface area contributed by atoms with Gasteiger partial charge in [0, 0.05) is 11.4 Å². The number of hydrogen-bond acceptors (Lipinski definition) is 4. The molecule has 0 aliphatic heterocycles. The zero-order valence-corrected chi connectivity index (χ0v) is 9.86. The van der Waals surface area contributed by atoms with E-state index in [-0.39, 0.29) is 5.75 Å². The maximum absolute atomic E-state index is 11.6. The number of aromatic nitrogens is 2. The molecular formula is C9H13N3O3S. The minimum absolute atomic E-state index is 0.0281. The Morgan fingerprint density at radius 1 is 1.62 bits per heavy atom. The van der Waals surface area contributed by atoms with E-state index in [0.717, 1.165) is 4.68 Å². The molecule has 7 heteroatoms. The molecule has 0 aliphatic carbocycles. The van der Waals surface area contributed by atoms with Crippen molar-refractivity contribution >= 4 is 24.6 Å². The first-order chi connectivity index (χ1) is 7.45. The molecule has 1 aromatic rings. The minimum Gasteiger partial charge on any atom is -0.480 e. The summed E-state index contributed by atoms with van der Waals surface area (Å²) in [6, 6.07) is 0.155. The number of hydrogen-bond donors (Lipinski definition) is 3. The van der Waals surface area contributed by atoms with Crippen LogP contribution in [0.1, 0.15) is 11.4 Å². The number of aliphatic carboxylic acids is 1. The van der Waals surface area contributed by atoms with Gasteiger partial charge in [-0.3, -0.25) is 0 Å². The number of nitrogens with zero attached hydrogens (tertiary/aromatic N) is 2. The van der Waals surface area contributed by atoms with Crippen molar-refractivity contribution < 1.29 is 14.7 Å². The van der Waals surface area contributed by atoms with Crippen LogP contribution in [-0.2, 0) is 4.79 Å². The molecular weight excluding hydrogens is 230 g/mol. The molecule has 88 valence electrons. The molecule has 0 saturated carbocycles. The van der Waals surface area contributed by atoms with E-state index in [9.17, 15) is 9.59 Å². The largest absolute Gasteiger partial charge is 0.480 e. The molecule has 2 N–H and O–H groups in total. The number of carbonyl (C=O) groups is 2. The van der Waals surface area contributed by atoms with Gasteiger partial charge < -0.3 is 10.4 Å². The number of thiol groups is 1. The smallest absolute Gasteiger partial charge is 0.343 e. The van der Waals surface area contributed by atoms with E-state index in [4.69, 9.17) is 5.11 Å². The van der Waals surface area contributed by atoms with Crippen LogP contribution in [0.3, 0.4) is 0 Å². The number of aryl methyl sites for hydroxylation is 2. The molecule has 0 bridgehead atoms. The zero-order chi connectivity index (χ0) is 12.3. The first kappa shape index (κ1) is 12.6.